The van der Waals surface area contributed by atoms with Gasteiger partial charge < -0.3 is 5.32 Å². The highest BCUT2D eigenvalue weighted by atomic mass is 19.4. The van der Waals surface area contributed by atoms with Gasteiger partial charge in [0.2, 0.25) is 0 Å². The molecular formula is C14H12F3N3O. The van der Waals surface area contributed by atoms with Gasteiger partial charge in [-0.05, 0) is 37.1 Å². The van der Waals surface area contributed by atoms with Gasteiger partial charge in [0.1, 0.15) is 0 Å². The minimum Gasteiger partial charge on any atom is -0.338 e. The first kappa shape index (κ1) is 13.7. The molecule has 0 bridgehead atoms. The lowest BCUT2D eigenvalue weighted by Gasteiger charge is -2.12. The number of hydrogen-bond acceptors (Lipinski definition) is 3. The average Bonchev–Trinajstić information content (AvgIpc) is 2.83. The molecule has 0 aliphatic heterocycles. The Hall–Kier alpha value is -2.31. The molecular weight excluding hydrogens is 283 g/mol. The van der Waals surface area contributed by atoms with Crippen LogP contribution in [0, 0.1) is 0 Å². The van der Waals surface area contributed by atoms with Crippen molar-refractivity contribution < 1.29 is 18.0 Å². The van der Waals surface area contributed by atoms with E-state index in [-0.39, 0.29) is 5.78 Å². The maximum absolute atomic E-state index is 12.5. The number of nitrogens with zero attached hydrogens (tertiary/aromatic N) is 1. The van der Waals surface area contributed by atoms with Gasteiger partial charge in [0.05, 0.1) is 11.1 Å². The summed E-state index contributed by atoms with van der Waals surface area (Å²) in [6.45, 7) is 0. The number of carbonyl (C=O) groups excluding carboxylic acids is 1. The van der Waals surface area contributed by atoms with Crippen molar-refractivity contribution in [3.8, 4) is 0 Å². The summed E-state index contributed by atoms with van der Waals surface area (Å²) in [6, 6.07) is 4.61. The topological polar surface area (TPSA) is 57.8 Å². The number of aromatic nitrogens is 2. The number of fused-ring (bicyclic) bond motifs is 1. The molecule has 0 fully saturated rings. The van der Waals surface area contributed by atoms with Gasteiger partial charge in [-0.15, -0.1) is 0 Å². The summed E-state index contributed by atoms with van der Waals surface area (Å²) in [4.78, 5) is 11.9. The third kappa shape index (κ3) is 2.63. The molecule has 0 amide bonds. The van der Waals surface area contributed by atoms with E-state index in [1.807, 2.05) is 0 Å². The lowest BCUT2D eigenvalue weighted by atomic mass is 9.96. The highest BCUT2D eigenvalue weighted by molar-refractivity contribution is 6.02. The average molecular weight is 295 g/mol. The Kier molecular flexibility index (Phi) is 3.19. The zero-order valence-electron chi connectivity index (χ0n) is 10.9. The summed E-state index contributed by atoms with van der Waals surface area (Å²) in [5, 5.41) is 9.73. The molecule has 0 atom stereocenters. The van der Waals surface area contributed by atoms with Crippen molar-refractivity contribution in [3.05, 3.63) is 41.1 Å². The maximum atomic E-state index is 12.5. The summed E-state index contributed by atoms with van der Waals surface area (Å²) < 4.78 is 37.5. The summed E-state index contributed by atoms with van der Waals surface area (Å²) in [6.07, 6.45) is -2.36. The summed E-state index contributed by atoms with van der Waals surface area (Å²) >= 11 is 0. The van der Waals surface area contributed by atoms with Crippen molar-refractivity contribution in [1.29, 1.82) is 0 Å². The normalized spacial score (nSPS) is 14.9. The summed E-state index contributed by atoms with van der Waals surface area (Å²) in [7, 11) is 0. The summed E-state index contributed by atoms with van der Waals surface area (Å²) in [5.74, 6) is 0.369. The Labute approximate surface area is 118 Å². The number of ketones is 1. The van der Waals surface area contributed by atoms with Crippen LogP contribution in [0.5, 0.6) is 0 Å². The second kappa shape index (κ2) is 4.91. The van der Waals surface area contributed by atoms with Gasteiger partial charge in [-0.2, -0.15) is 18.3 Å². The minimum atomic E-state index is -4.36. The number of hydrogen-bond donors (Lipinski definition) is 2. The smallest absolute Gasteiger partial charge is 0.338 e. The van der Waals surface area contributed by atoms with Gasteiger partial charge >= 0.3 is 6.18 Å². The van der Waals surface area contributed by atoms with Gasteiger partial charge in [-0.3, -0.25) is 9.89 Å². The number of nitrogens with one attached hydrogen (secondary N) is 2. The highest BCUT2D eigenvalue weighted by Gasteiger charge is 2.30. The number of halogens is 3. The van der Waals surface area contributed by atoms with E-state index >= 15 is 0 Å². The van der Waals surface area contributed by atoms with Crippen molar-refractivity contribution in [2.75, 3.05) is 5.32 Å². The van der Waals surface area contributed by atoms with Gasteiger partial charge in [0, 0.05) is 17.8 Å². The molecule has 1 aromatic carbocycles. The van der Waals surface area contributed by atoms with E-state index in [1.54, 1.807) is 0 Å². The molecule has 0 unspecified atom stereocenters. The second-order valence-electron chi connectivity index (χ2n) is 4.90. The van der Waals surface area contributed by atoms with E-state index in [4.69, 9.17) is 0 Å². The van der Waals surface area contributed by atoms with Crippen LogP contribution in [-0.2, 0) is 12.6 Å². The number of H-pyrrole nitrogens is 1. The molecule has 1 heterocycles. The van der Waals surface area contributed by atoms with Crippen LogP contribution in [0.2, 0.25) is 0 Å². The minimum absolute atomic E-state index is 0.000545. The quantitative estimate of drug-likeness (QED) is 0.888. The number of carbonyl (C=O) groups is 1. The van der Waals surface area contributed by atoms with E-state index in [2.05, 4.69) is 15.5 Å². The number of aryl methyl sites for hydroxylation is 1. The first-order chi connectivity index (χ1) is 9.95. The van der Waals surface area contributed by atoms with Crippen LogP contribution in [0.4, 0.5) is 24.7 Å². The van der Waals surface area contributed by atoms with Crippen molar-refractivity contribution >= 4 is 17.3 Å². The predicted octanol–water partition coefficient (Wildman–Crippen LogP) is 3.69. The lowest BCUT2D eigenvalue weighted by Crippen LogP contribution is -2.11. The molecule has 1 aliphatic rings. The standard InChI is InChI=1S/C14H12F3N3O/c15-14(16,17)8-4-6-9(7-5-8)18-13-12-10(19-20-13)2-1-3-11(12)21/h4-7H,1-3H2,(H2,18,19,20). The predicted molar refractivity (Wildman–Crippen MR) is 70.6 cm³/mol. The van der Waals surface area contributed by atoms with Crippen LogP contribution in [0.3, 0.4) is 0 Å². The Balaban J connectivity index is 1.85. The van der Waals surface area contributed by atoms with Crippen LogP contribution in [-0.4, -0.2) is 16.0 Å². The molecule has 0 radical (unpaired) electrons. The Bertz CT molecular complexity index is 674. The molecule has 2 N–H and O–H groups in total. The SMILES string of the molecule is O=C1CCCc2[nH]nc(Nc3ccc(C(F)(F)F)cc3)c21. The molecule has 4 nitrogen and oxygen atoms in total. The van der Waals surface area contributed by atoms with Crippen molar-refractivity contribution in [1.82, 2.24) is 10.2 Å². The largest absolute Gasteiger partial charge is 0.416 e. The van der Waals surface area contributed by atoms with Crippen LogP contribution in [0.25, 0.3) is 0 Å². The maximum Gasteiger partial charge on any atom is 0.416 e. The second-order valence-corrected chi connectivity index (χ2v) is 4.90. The van der Waals surface area contributed by atoms with E-state index in [1.165, 1.54) is 12.1 Å². The Morgan fingerprint density at radius 3 is 2.52 bits per heavy atom. The molecule has 1 aromatic heterocycles. The number of Topliss-reactive ketones (excluding diaryl/α,β-unsaturated/α-hetero) is 1. The fourth-order valence-corrected chi connectivity index (χ4v) is 2.38. The van der Waals surface area contributed by atoms with E-state index in [0.717, 1.165) is 30.7 Å². The van der Waals surface area contributed by atoms with Crippen LogP contribution in [0.15, 0.2) is 24.3 Å². The van der Waals surface area contributed by atoms with E-state index < -0.39 is 11.7 Å². The first-order valence-electron chi connectivity index (χ1n) is 6.50. The molecule has 21 heavy (non-hydrogen) atoms. The fraction of sp³-hybridized carbons (Fsp3) is 0.286. The third-order valence-electron chi connectivity index (χ3n) is 3.43. The monoisotopic (exact) mass is 295 g/mol. The molecule has 0 spiro atoms. The number of alkyl halides is 3. The van der Waals surface area contributed by atoms with Gasteiger partial charge in [-0.25, -0.2) is 0 Å². The molecule has 0 saturated carbocycles. The number of anilines is 2. The molecule has 7 heteroatoms. The van der Waals surface area contributed by atoms with Crippen LogP contribution < -0.4 is 5.32 Å². The lowest BCUT2D eigenvalue weighted by molar-refractivity contribution is -0.137. The van der Waals surface area contributed by atoms with Crippen molar-refractivity contribution in [2.45, 2.75) is 25.4 Å². The molecule has 0 saturated heterocycles. The number of aromatic amines is 1. The zero-order valence-corrected chi connectivity index (χ0v) is 10.9. The van der Waals surface area contributed by atoms with Crippen LogP contribution in [0.1, 0.15) is 34.5 Å². The van der Waals surface area contributed by atoms with Gasteiger partial charge in [0.15, 0.2) is 11.6 Å². The molecule has 110 valence electrons. The third-order valence-corrected chi connectivity index (χ3v) is 3.43. The Morgan fingerprint density at radius 1 is 1.14 bits per heavy atom. The fourth-order valence-electron chi connectivity index (χ4n) is 2.38. The van der Waals surface area contributed by atoms with Crippen molar-refractivity contribution in [3.63, 3.8) is 0 Å². The highest BCUT2D eigenvalue weighted by Crippen LogP contribution is 2.31. The van der Waals surface area contributed by atoms with E-state index in [0.29, 0.717) is 23.5 Å². The molecule has 1 aliphatic carbocycles. The van der Waals surface area contributed by atoms with Gasteiger partial charge in [-0.1, -0.05) is 0 Å². The van der Waals surface area contributed by atoms with Gasteiger partial charge in [0.25, 0.3) is 0 Å². The van der Waals surface area contributed by atoms with E-state index in [9.17, 15) is 18.0 Å². The summed E-state index contributed by atoms with van der Waals surface area (Å²) in [5.41, 5.74) is 1.03. The van der Waals surface area contributed by atoms with Crippen LogP contribution >= 0.6 is 0 Å². The van der Waals surface area contributed by atoms with Crippen molar-refractivity contribution in [2.24, 2.45) is 0 Å². The molecule has 2 aromatic rings. The Morgan fingerprint density at radius 2 is 1.86 bits per heavy atom. The first-order valence-corrected chi connectivity index (χ1v) is 6.50. The number of rotatable bonds is 2. The zero-order chi connectivity index (χ0) is 15.0. The molecule has 3 rings (SSSR count). The number of benzene rings is 1.